The SMILES string of the molecule is C[C@H](C(=O)O)N1C[C@H]2COC[C@H]2C1. The maximum atomic E-state index is 10.7. The molecule has 2 saturated heterocycles. The predicted octanol–water partition coefficient (Wildman–Crippen LogP) is 0.0377. The van der Waals surface area contributed by atoms with Crippen LogP contribution in [0, 0.1) is 11.8 Å². The summed E-state index contributed by atoms with van der Waals surface area (Å²) < 4.78 is 5.33. The zero-order valence-electron chi connectivity index (χ0n) is 7.77. The van der Waals surface area contributed by atoms with E-state index in [1.165, 1.54) is 0 Å². The van der Waals surface area contributed by atoms with Crippen LogP contribution in [0.1, 0.15) is 6.92 Å². The van der Waals surface area contributed by atoms with Crippen molar-refractivity contribution in [3.05, 3.63) is 0 Å². The van der Waals surface area contributed by atoms with E-state index in [1.807, 2.05) is 4.90 Å². The van der Waals surface area contributed by atoms with Crippen molar-refractivity contribution in [2.45, 2.75) is 13.0 Å². The molecule has 2 aliphatic heterocycles. The van der Waals surface area contributed by atoms with Crippen LogP contribution in [0.2, 0.25) is 0 Å². The molecule has 0 amide bonds. The summed E-state index contributed by atoms with van der Waals surface area (Å²) >= 11 is 0. The molecule has 13 heavy (non-hydrogen) atoms. The highest BCUT2D eigenvalue weighted by Gasteiger charge is 2.39. The Morgan fingerprint density at radius 3 is 2.46 bits per heavy atom. The molecule has 0 aromatic rings. The van der Waals surface area contributed by atoms with E-state index >= 15 is 0 Å². The van der Waals surface area contributed by atoms with Gasteiger partial charge >= 0.3 is 5.97 Å². The second kappa shape index (κ2) is 3.27. The van der Waals surface area contributed by atoms with E-state index in [1.54, 1.807) is 6.92 Å². The number of aliphatic carboxylic acids is 1. The minimum atomic E-state index is -0.721. The molecule has 2 rings (SSSR count). The average Bonchev–Trinajstić information content (AvgIpc) is 2.59. The van der Waals surface area contributed by atoms with Gasteiger partial charge in [0.15, 0.2) is 0 Å². The first kappa shape index (κ1) is 8.97. The standard InChI is InChI=1S/C9H15NO3/c1-6(9(11)12)10-2-7-4-13-5-8(7)3-10/h6-8H,2-5H2,1H3,(H,11,12)/t6-,7-,8+/m1/s1. The van der Waals surface area contributed by atoms with Crippen molar-refractivity contribution in [1.82, 2.24) is 4.90 Å². The minimum absolute atomic E-state index is 0.342. The molecule has 0 spiro atoms. The van der Waals surface area contributed by atoms with E-state index in [9.17, 15) is 4.79 Å². The first-order valence-electron chi connectivity index (χ1n) is 4.73. The van der Waals surface area contributed by atoms with Gasteiger partial charge in [-0.2, -0.15) is 0 Å². The van der Waals surface area contributed by atoms with Crippen LogP contribution in [0.25, 0.3) is 0 Å². The van der Waals surface area contributed by atoms with Crippen LogP contribution in [0.4, 0.5) is 0 Å². The van der Waals surface area contributed by atoms with Gasteiger partial charge in [0.05, 0.1) is 13.2 Å². The van der Waals surface area contributed by atoms with Gasteiger partial charge in [0.1, 0.15) is 6.04 Å². The van der Waals surface area contributed by atoms with E-state index < -0.39 is 5.97 Å². The molecule has 4 heteroatoms. The fraction of sp³-hybridized carbons (Fsp3) is 0.889. The summed E-state index contributed by atoms with van der Waals surface area (Å²) in [4.78, 5) is 12.8. The Morgan fingerprint density at radius 1 is 1.46 bits per heavy atom. The van der Waals surface area contributed by atoms with Crippen molar-refractivity contribution in [2.75, 3.05) is 26.3 Å². The van der Waals surface area contributed by atoms with Gasteiger partial charge in [0.25, 0.3) is 0 Å². The zero-order valence-corrected chi connectivity index (χ0v) is 7.77. The van der Waals surface area contributed by atoms with Crippen LogP contribution < -0.4 is 0 Å². The molecule has 3 atom stereocenters. The summed E-state index contributed by atoms with van der Waals surface area (Å²) in [5, 5.41) is 8.83. The molecule has 0 saturated carbocycles. The van der Waals surface area contributed by atoms with Crippen molar-refractivity contribution >= 4 is 5.97 Å². The summed E-state index contributed by atoms with van der Waals surface area (Å²) in [5.41, 5.74) is 0. The highest BCUT2D eigenvalue weighted by atomic mass is 16.5. The summed E-state index contributed by atoms with van der Waals surface area (Å²) in [6.45, 7) is 5.15. The number of nitrogens with zero attached hydrogens (tertiary/aromatic N) is 1. The van der Waals surface area contributed by atoms with Gasteiger partial charge in [-0.3, -0.25) is 9.69 Å². The van der Waals surface area contributed by atoms with Crippen LogP contribution in [-0.4, -0.2) is 48.3 Å². The Labute approximate surface area is 77.5 Å². The van der Waals surface area contributed by atoms with Gasteiger partial charge in [-0.25, -0.2) is 0 Å². The predicted molar refractivity (Wildman–Crippen MR) is 46.5 cm³/mol. The van der Waals surface area contributed by atoms with Gasteiger partial charge in [0.2, 0.25) is 0 Å². The third kappa shape index (κ3) is 1.56. The lowest BCUT2D eigenvalue weighted by atomic mass is 10.0. The molecule has 0 bridgehead atoms. The first-order chi connectivity index (χ1) is 6.18. The Kier molecular flexibility index (Phi) is 2.26. The molecule has 0 radical (unpaired) electrons. The van der Waals surface area contributed by atoms with Crippen molar-refractivity contribution in [3.63, 3.8) is 0 Å². The highest BCUT2D eigenvalue weighted by molar-refractivity contribution is 5.72. The van der Waals surface area contributed by atoms with E-state index in [0.29, 0.717) is 11.8 Å². The molecule has 0 aromatic carbocycles. The summed E-state index contributed by atoms with van der Waals surface area (Å²) in [6, 6.07) is -0.342. The van der Waals surface area contributed by atoms with Crippen LogP contribution >= 0.6 is 0 Å². The maximum absolute atomic E-state index is 10.7. The lowest BCUT2D eigenvalue weighted by molar-refractivity contribution is -0.142. The average molecular weight is 185 g/mol. The topological polar surface area (TPSA) is 49.8 Å². The molecule has 0 aliphatic carbocycles. The second-order valence-electron chi connectivity index (χ2n) is 4.03. The summed E-state index contributed by atoms with van der Waals surface area (Å²) in [5.74, 6) is 0.421. The number of ether oxygens (including phenoxy) is 1. The van der Waals surface area contributed by atoms with Crippen molar-refractivity contribution in [1.29, 1.82) is 0 Å². The van der Waals surface area contributed by atoms with Crippen molar-refractivity contribution < 1.29 is 14.6 Å². The quantitative estimate of drug-likeness (QED) is 0.659. The van der Waals surface area contributed by atoms with E-state index in [4.69, 9.17) is 9.84 Å². The van der Waals surface area contributed by atoms with Gasteiger partial charge in [-0.1, -0.05) is 0 Å². The van der Waals surface area contributed by atoms with E-state index in [-0.39, 0.29) is 6.04 Å². The molecule has 2 heterocycles. The zero-order chi connectivity index (χ0) is 9.42. The summed E-state index contributed by atoms with van der Waals surface area (Å²) in [7, 11) is 0. The largest absolute Gasteiger partial charge is 0.480 e. The highest BCUT2D eigenvalue weighted by Crippen LogP contribution is 2.30. The van der Waals surface area contributed by atoms with Crippen LogP contribution in [-0.2, 0) is 9.53 Å². The number of carboxylic acid groups (broad SMARTS) is 1. The van der Waals surface area contributed by atoms with Crippen molar-refractivity contribution in [3.8, 4) is 0 Å². The number of hydrogen-bond donors (Lipinski definition) is 1. The van der Waals surface area contributed by atoms with Gasteiger partial charge in [-0.15, -0.1) is 0 Å². The number of fused-ring (bicyclic) bond motifs is 1. The fourth-order valence-corrected chi connectivity index (χ4v) is 2.20. The third-order valence-electron chi connectivity index (χ3n) is 3.17. The molecule has 0 aromatic heterocycles. The number of carbonyl (C=O) groups is 1. The summed E-state index contributed by atoms with van der Waals surface area (Å²) in [6.07, 6.45) is 0. The Balaban J connectivity index is 1.95. The monoisotopic (exact) mass is 185 g/mol. The van der Waals surface area contributed by atoms with Crippen molar-refractivity contribution in [2.24, 2.45) is 11.8 Å². The lowest BCUT2D eigenvalue weighted by Gasteiger charge is -2.20. The number of hydrogen-bond acceptors (Lipinski definition) is 3. The molecule has 0 unspecified atom stereocenters. The second-order valence-corrected chi connectivity index (χ2v) is 4.03. The molecule has 4 nitrogen and oxygen atoms in total. The maximum Gasteiger partial charge on any atom is 0.320 e. The van der Waals surface area contributed by atoms with Crippen LogP contribution in [0.3, 0.4) is 0 Å². The molecule has 74 valence electrons. The van der Waals surface area contributed by atoms with Gasteiger partial charge in [-0.05, 0) is 6.92 Å². The number of rotatable bonds is 2. The Morgan fingerprint density at radius 2 is 2.00 bits per heavy atom. The Hall–Kier alpha value is -0.610. The number of likely N-dealkylation sites (tertiary alicyclic amines) is 1. The number of carboxylic acids is 1. The Bertz CT molecular complexity index is 207. The smallest absolute Gasteiger partial charge is 0.320 e. The van der Waals surface area contributed by atoms with Gasteiger partial charge in [0, 0.05) is 24.9 Å². The minimum Gasteiger partial charge on any atom is -0.480 e. The van der Waals surface area contributed by atoms with Crippen LogP contribution in [0.5, 0.6) is 0 Å². The van der Waals surface area contributed by atoms with E-state index in [0.717, 1.165) is 26.3 Å². The normalized spacial score (nSPS) is 36.1. The molecular formula is C9H15NO3. The van der Waals surface area contributed by atoms with Gasteiger partial charge < -0.3 is 9.84 Å². The fourth-order valence-electron chi connectivity index (χ4n) is 2.20. The molecule has 1 N–H and O–H groups in total. The van der Waals surface area contributed by atoms with E-state index in [2.05, 4.69) is 0 Å². The first-order valence-corrected chi connectivity index (χ1v) is 4.73. The lowest BCUT2D eigenvalue weighted by Crippen LogP contribution is -2.38. The van der Waals surface area contributed by atoms with Crippen LogP contribution in [0.15, 0.2) is 0 Å². The molecule has 2 fully saturated rings. The third-order valence-corrected chi connectivity index (χ3v) is 3.17. The molecule has 2 aliphatic rings. The molecular weight excluding hydrogens is 170 g/mol.